The Balaban J connectivity index is 2.64. The van der Waals surface area contributed by atoms with Crippen molar-refractivity contribution in [2.75, 3.05) is 19.1 Å². The standard InChI is InChI=1S/C11H18N4O2/c1-11(2,17-3)7-13-10(16)8-5-4-6-9(14-8)15-12/h4-6H,7,12H2,1-3H3,(H,13,16)(H,14,15). The van der Waals surface area contributed by atoms with Crippen LogP contribution in [0.1, 0.15) is 24.3 Å². The molecule has 1 rings (SSSR count). The molecule has 1 aromatic heterocycles. The number of anilines is 1. The first kappa shape index (κ1) is 13.4. The predicted molar refractivity (Wildman–Crippen MR) is 65.5 cm³/mol. The maximum absolute atomic E-state index is 11.8. The molecule has 0 bridgehead atoms. The molecular formula is C11H18N4O2. The first-order valence-corrected chi connectivity index (χ1v) is 5.25. The zero-order chi connectivity index (χ0) is 12.9. The summed E-state index contributed by atoms with van der Waals surface area (Å²) in [5.74, 6) is 5.41. The number of nitrogens with zero attached hydrogens (tertiary/aromatic N) is 1. The van der Waals surface area contributed by atoms with Gasteiger partial charge in [0.25, 0.3) is 5.91 Å². The fourth-order valence-corrected chi connectivity index (χ4v) is 1.10. The van der Waals surface area contributed by atoms with E-state index in [0.29, 0.717) is 18.1 Å². The van der Waals surface area contributed by atoms with Gasteiger partial charge in [-0.1, -0.05) is 6.07 Å². The molecule has 0 atom stereocenters. The molecule has 0 aliphatic rings. The minimum atomic E-state index is -0.403. The molecule has 0 fully saturated rings. The van der Waals surface area contributed by atoms with Crippen molar-refractivity contribution in [3.63, 3.8) is 0 Å². The van der Waals surface area contributed by atoms with Gasteiger partial charge in [-0.3, -0.25) is 4.79 Å². The van der Waals surface area contributed by atoms with Crippen molar-refractivity contribution in [1.29, 1.82) is 0 Å². The highest BCUT2D eigenvalue weighted by Crippen LogP contribution is 2.06. The number of amides is 1. The van der Waals surface area contributed by atoms with Gasteiger partial charge >= 0.3 is 0 Å². The normalized spacial score (nSPS) is 11.1. The van der Waals surface area contributed by atoms with Gasteiger partial charge in [0.1, 0.15) is 11.5 Å². The average Bonchev–Trinajstić information content (AvgIpc) is 2.36. The Morgan fingerprint density at radius 3 is 2.82 bits per heavy atom. The molecule has 0 unspecified atom stereocenters. The zero-order valence-corrected chi connectivity index (χ0v) is 10.3. The van der Waals surface area contributed by atoms with E-state index < -0.39 is 5.60 Å². The van der Waals surface area contributed by atoms with Crippen LogP contribution in [0.15, 0.2) is 18.2 Å². The lowest BCUT2D eigenvalue weighted by atomic mass is 10.1. The SMILES string of the molecule is COC(C)(C)CNC(=O)c1cccc(NN)n1. The summed E-state index contributed by atoms with van der Waals surface area (Å²) < 4.78 is 5.20. The van der Waals surface area contributed by atoms with Crippen LogP contribution in [0, 0.1) is 0 Å². The summed E-state index contributed by atoms with van der Waals surface area (Å²) in [5.41, 5.74) is 2.30. The van der Waals surface area contributed by atoms with Crippen molar-refractivity contribution in [1.82, 2.24) is 10.3 Å². The van der Waals surface area contributed by atoms with Crippen LogP contribution in [-0.2, 0) is 4.74 Å². The molecule has 0 aliphatic carbocycles. The first-order valence-electron chi connectivity index (χ1n) is 5.25. The number of hydrogen-bond donors (Lipinski definition) is 3. The molecule has 0 saturated heterocycles. The highest BCUT2D eigenvalue weighted by molar-refractivity contribution is 5.92. The molecule has 0 saturated carbocycles. The van der Waals surface area contributed by atoms with Gasteiger partial charge in [-0.25, -0.2) is 10.8 Å². The lowest BCUT2D eigenvalue weighted by Gasteiger charge is -2.22. The number of hydrazine groups is 1. The smallest absolute Gasteiger partial charge is 0.270 e. The van der Waals surface area contributed by atoms with Gasteiger partial charge in [-0.15, -0.1) is 0 Å². The molecule has 17 heavy (non-hydrogen) atoms. The summed E-state index contributed by atoms with van der Waals surface area (Å²) in [6.07, 6.45) is 0. The van der Waals surface area contributed by atoms with Crippen molar-refractivity contribution in [2.24, 2.45) is 5.84 Å². The largest absolute Gasteiger partial charge is 0.377 e. The van der Waals surface area contributed by atoms with Crippen molar-refractivity contribution in [3.8, 4) is 0 Å². The highest BCUT2D eigenvalue weighted by Gasteiger charge is 2.18. The second kappa shape index (κ2) is 5.60. The van der Waals surface area contributed by atoms with Crippen LogP contribution in [0.2, 0.25) is 0 Å². The Morgan fingerprint density at radius 2 is 2.24 bits per heavy atom. The molecule has 0 aromatic carbocycles. The van der Waals surface area contributed by atoms with Gasteiger partial charge in [-0.05, 0) is 26.0 Å². The van der Waals surface area contributed by atoms with E-state index in [1.54, 1.807) is 25.3 Å². The summed E-state index contributed by atoms with van der Waals surface area (Å²) in [5, 5.41) is 2.75. The van der Waals surface area contributed by atoms with Gasteiger partial charge in [0, 0.05) is 13.7 Å². The third kappa shape index (κ3) is 4.01. The molecule has 1 heterocycles. The van der Waals surface area contributed by atoms with Crippen LogP contribution < -0.4 is 16.6 Å². The first-order chi connectivity index (χ1) is 7.98. The molecule has 1 aromatic rings. The van der Waals surface area contributed by atoms with Crippen LogP contribution in [0.3, 0.4) is 0 Å². The van der Waals surface area contributed by atoms with Crippen LogP contribution in [0.25, 0.3) is 0 Å². The molecule has 0 spiro atoms. The van der Waals surface area contributed by atoms with Crippen molar-refractivity contribution < 1.29 is 9.53 Å². The van der Waals surface area contributed by atoms with Gasteiger partial charge in [0.15, 0.2) is 0 Å². The fraction of sp³-hybridized carbons (Fsp3) is 0.455. The predicted octanol–water partition coefficient (Wildman–Crippen LogP) is 0.522. The van der Waals surface area contributed by atoms with Crippen LogP contribution in [-0.4, -0.2) is 30.1 Å². The van der Waals surface area contributed by atoms with Crippen LogP contribution in [0.4, 0.5) is 5.82 Å². The number of methoxy groups -OCH3 is 1. The molecular weight excluding hydrogens is 220 g/mol. The number of carbonyl (C=O) groups excluding carboxylic acids is 1. The second-order valence-electron chi connectivity index (χ2n) is 4.20. The number of carbonyl (C=O) groups is 1. The van der Waals surface area contributed by atoms with Gasteiger partial charge < -0.3 is 15.5 Å². The second-order valence-corrected chi connectivity index (χ2v) is 4.20. The average molecular weight is 238 g/mol. The van der Waals surface area contributed by atoms with E-state index in [1.165, 1.54) is 0 Å². The summed E-state index contributed by atoms with van der Waals surface area (Å²) in [6.45, 7) is 4.18. The molecule has 94 valence electrons. The summed E-state index contributed by atoms with van der Waals surface area (Å²) in [7, 11) is 1.60. The number of ether oxygens (including phenoxy) is 1. The molecule has 6 heteroatoms. The maximum Gasteiger partial charge on any atom is 0.270 e. The number of nitrogens with two attached hydrogens (primary N) is 1. The van der Waals surface area contributed by atoms with Crippen LogP contribution >= 0.6 is 0 Å². The Kier molecular flexibility index (Phi) is 4.42. The molecule has 1 amide bonds. The van der Waals surface area contributed by atoms with Crippen molar-refractivity contribution >= 4 is 11.7 Å². The minimum absolute atomic E-state index is 0.257. The summed E-state index contributed by atoms with van der Waals surface area (Å²) in [6, 6.07) is 5.00. The number of rotatable bonds is 5. The topological polar surface area (TPSA) is 89.3 Å². The Hall–Kier alpha value is -1.66. The van der Waals surface area contributed by atoms with Crippen molar-refractivity contribution in [3.05, 3.63) is 23.9 Å². The zero-order valence-electron chi connectivity index (χ0n) is 10.3. The quantitative estimate of drug-likeness (QED) is 0.514. The minimum Gasteiger partial charge on any atom is -0.377 e. The van der Waals surface area contributed by atoms with E-state index >= 15 is 0 Å². The molecule has 6 nitrogen and oxygen atoms in total. The Bertz CT molecular complexity index is 393. The fourth-order valence-electron chi connectivity index (χ4n) is 1.10. The van der Waals surface area contributed by atoms with E-state index in [0.717, 1.165) is 0 Å². The highest BCUT2D eigenvalue weighted by atomic mass is 16.5. The van der Waals surface area contributed by atoms with E-state index in [1.807, 2.05) is 13.8 Å². The number of nitrogens with one attached hydrogen (secondary N) is 2. The Labute approximate surface area is 101 Å². The number of hydrogen-bond acceptors (Lipinski definition) is 5. The lowest BCUT2D eigenvalue weighted by Crippen LogP contribution is -2.40. The van der Waals surface area contributed by atoms with Gasteiger partial charge in [-0.2, -0.15) is 0 Å². The van der Waals surface area contributed by atoms with Gasteiger partial charge in [0.05, 0.1) is 5.60 Å². The van der Waals surface area contributed by atoms with Crippen LogP contribution in [0.5, 0.6) is 0 Å². The monoisotopic (exact) mass is 238 g/mol. The van der Waals surface area contributed by atoms with Crippen molar-refractivity contribution in [2.45, 2.75) is 19.4 Å². The van der Waals surface area contributed by atoms with Gasteiger partial charge in [0.2, 0.25) is 0 Å². The van der Waals surface area contributed by atoms with E-state index in [-0.39, 0.29) is 5.91 Å². The number of nitrogen functional groups attached to an aromatic ring is 1. The molecule has 4 N–H and O–H groups in total. The lowest BCUT2D eigenvalue weighted by molar-refractivity contribution is 0.0228. The molecule has 0 radical (unpaired) electrons. The number of aromatic nitrogens is 1. The Morgan fingerprint density at radius 1 is 1.53 bits per heavy atom. The maximum atomic E-state index is 11.8. The van der Waals surface area contributed by atoms with E-state index in [4.69, 9.17) is 10.6 Å². The summed E-state index contributed by atoms with van der Waals surface area (Å²) in [4.78, 5) is 15.8. The summed E-state index contributed by atoms with van der Waals surface area (Å²) >= 11 is 0. The van der Waals surface area contributed by atoms with E-state index in [2.05, 4.69) is 15.7 Å². The molecule has 0 aliphatic heterocycles. The third-order valence-electron chi connectivity index (χ3n) is 2.36. The number of pyridine rings is 1. The third-order valence-corrected chi connectivity index (χ3v) is 2.36. The van der Waals surface area contributed by atoms with E-state index in [9.17, 15) is 4.79 Å².